The van der Waals surface area contributed by atoms with E-state index < -0.39 is 0 Å². The highest BCUT2D eigenvalue weighted by Gasteiger charge is 2.10. The molecule has 0 saturated carbocycles. The van der Waals surface area contributed by atoms with Gasteiger partial charge in [-0.3, -0.25) is 0 Å². The van der Waals surface area contributed by atoms with Crippen LogP contribution < -0.4 is 4.74 Å². The molecule has 0 spiro atoms. The van der Waals surface area contributed by atoms with Crippen molar-refractivity contribution in [1.29, 1.82) is 0 Å². The molecular formula is C13H18O. The second kappa shape index (κ2) is 4.32. The van der Waals surface area contributed by atoms with Crippen molar-refractivity contribution in [2.24, 2.45) is 0 Å². The fourth-order valence-corrected chi connectivity index (χ4v) is 1.19. The summed E-state index contributed by atoms with van der Waals surface area (Å²) in [5.41, 5.74) is 1.08. The maximum atomic E-state index is 5.71. The van der Waals surface area contributed by atoms with E-state index in [0.717, 1.165) is 5.75 Å². The molecule has 0 heterocycles. The van der Waals surface area contributed by atoms with Crippen LogP contribution in [-0.4, -0.2) is 5.60 Å². The molecule has 0 aliphatic rings. The van der Waals surface area contributed by atoms with Gasteiger partial charge in [-0.1, -0.05) is 24.3 Å². The molecule has 0 amide bonds. The summed E-state index contributed by atoms with van der Waals surface area (Å²) in [5.74, 6) is 0.922. The predicted molar refractivity (Wildman–Crippen MR) is 61.5 cm³/mol. The van der Waals surface area contributed by atoms with Crippen molar-refractivity contribution in [2.75, 3.05) is 0 Å². The molecule has 1 nitrogen and oxygen atoms in total. The van der Waals surface area contributed by atoms with Crippen LogP contribution in [0.3, 0.4) is 0 Å². The first kappa shape index (κ1) is 10.8. The van der Waals surface area contributed by atoms with Gasteiger partial charge in [-0.25, -0.2) is 0 Å². The molecule has 0 saturated heterocycles. The lowest BCUT2D eigenvalue weighted by Crippen LogP contribution is -2.22. The van der Waals surface area contributed by atoms with Gasteiger partial charge in [0.2, 0.25) is 0 Å². The van der Waals surface area contributed by atoms with Crippen LogP contribution in [0.25, 0.3) is 6.08 Å². The summed E-state index contributed by atoms with van der Waals surface area (Å²) in [7, 11) is 0. The first-order chi connectivity index (χ1) is 6.51. The third-order valence-corrected chi connectivity index (χ3v) is 1.66. The van der Waals surface area contributed by atoms with Crippen LogP contribution in [0.2, 0.25) is 0 Å². The predicted octanol–water partition coefficient (Wildman–Crippen LogP) is 3.90. The number of hydrogen-bond donors (Lipinski definition) is 0. The second-order valence-electron chi connectivity index (χ2n) is 4.28. The van der Waals surface area contributed by atoms with Crippen molar-refractivity contribution in [3.8, 4) is 5.75 Å². The first-order valence-electron chi connectivity index (χ1n) is 4.93. The lowest BCUT2D eigenvalue weighted by molar-refractivity contribution is 0.131. The minimum atomic E-state index is -0.123. The van der Waals surface area contributed by atoms with Crippen molar-refractivity contribution in [2.45, 2.75) is 33.3 Å². The third-order valence-electron chi connectivity index (χ3n) is 1.66. The van der Waals surface area contributed by atoms with Gasteiger partial charge in [0.25, 0.3) is 0 Å². The van der Waals surface area contributed by atoms with E-state index >= 15 is 0 Å². The molecule has 0 atom stereocenters. The van der Waals surface area contributed by atoms with Gasteiger partial charge in [-0.05, 0) is 45.4 Å². The van der Waals surface area contributed by atoms with Gasteiger partial charge in [0, 0.05) is 0 Å². The SMILES string of the molecule is C/C=C/c1ccc(OC(C)(C)C)cc1. The number of rotatable bonds is 2. The van der Waals surface area contributed by atoms with Gasteiger partial charge >= 0.3 is 0 Å². The zero-order chi connectivity index (χ0) is 10.6. The van der Waals surface area contributed by atoms with Crippen LogP contribution in [0.4, 0.5) is 0 Å². The third kappa shape index (κ3) is 3.65. The summed E-state index contributed by atoms with van der Waals surface area (Å²) in [5, 5.41) is 0. The molecule has 0 fully saturated rings. The Bertz CT molecular complexity index is 301. The zero-order valence-electron chi connectivity index (χ0n) is 9.37. The molecular weight excluding hydrogens is 172 g/mol. The molecule has 1 aromatic rings. The minimum Gasteiger partial charge on any atom is -0.488 e. The van der Waals surface area contributed by atoms with Crippen LogP contribution in [0.1, 0.15) is 33.3 Å². The quantitative estimate of drug-likeness (QED) is 0.687. The van der Waals surface area contributed by atoms with Gasteiger partial charge in [0.15, 0.2) is 0 Å². The molecule has 0 aromatic heterocycles. The van der Waals surface area contributed by atoms with E-state index in [2.05, 4.69) is 18.2 Å². The van der Waals surface area contributed by atoms with Crippen molar-refractivity contribution in [3.63, 3.8) is 0 Å². The average Bonchev–Trinajstić information content (AvgIpc) is 2.06. The number of allylic oxidation sites excluding steroid dienone is 1. The van der Waals surface area contributed by atoms with Gasteiger partial charge in [-0.2, -0.15) is 0 Å². The standard InChI is InChI=1S/C13H18O/c1-5-6-11-7-9-12(10-8-11)14-13(2,3)4/h5-10H,1-4H3/b6-5+. The molecule has 0 aliphatic carbocycles. The maximum Gasteiger partial charge on any atom is 0.120 e. The smallest absolute Gasteiger partial charge is 0.120 e. The number of hydrogen-bond acceptors (Lipinski definition) is 1. The molecule has 1 rings (SSSR count). The van der Waals surface area contributed by atoms with Crippen LogP contribution in [0, 0.1) is 0 Å². The van der Waals surface area contributed by atoms with Gasteiger partial charge in [0.1, 0.15) is 11.4 Å². The van der Waals surface area contributed by atoms with E-state index in [4.69, 9.17) is 4.74 Å². The van der Waals surface area contributed by atoms with E-state index in [0.29, 0.717) is 0 Å². The van der Waals surface area contributed by atoms with E-state index in [1.54, 1.807) is 0 Å². The molecule has 1 heteroatoms. The Hall–Kier alpha value is -1.24. The summed E-state index contributed by atoms with van der Waals surface area (Å²) in [6, 6.07) is 8.11. The van der Waals surface area contributed by atoms with Crippen LogP contribution in [0.15, 0.2) is 30.3 Å². The Morgan fingerprint density at radius 2 is 1.64 bits per heavy atom. The summed E-state index contributed by atoms with van der Waals surface area (Å²) in [6.07, 6.45) is 4.10. The lowest BCUT2D eigenvalue weighted by Gasteiger charge is -2.21. The fourth-order valence-electron chi connectivity index (χ4n) is 1.19. The van der Waals surface area contributed by atoms with Crippen LogP contribution >= 0.6 is 0 Å². The molecule has 14 heavy (non-hydrogen) atoms. The van der Waals surface area contributed by atoms with E-state index in [1.165, 1.54) is 5.56 Å². The topological polar surface area (TPSA) is 9.23 Å². The Labute approximate surface area is 86.4 Å². The summed E-state index contributed by atoms with van der Waals surface area (Å²) >= 11 is 0. The highest BCUT2D eigenvalue weighted by atomic mass is 16.5. The Kier molecular flexibility index (Phi) is 3.34. The summed E-state index contributed by atoms with van der Waals surface area (Å²) in [6.45, 7) is 8.16. The van der Waals surface area contributed by atoms with E-state index in [9.17, 15) is 0 Å². The highest BCUT2D eigenvalue weighted by molar-refractivity contribution is 5.50. The van der Waals surface area contributed by atoms with Gasteiger partial charge in [0.05, 0.1) is 0 Å². The molecule has 0 radical (unpaired) electrons. The summed E-state index contributed by atoms with van der Waals surface area (Å²) < 4.78 is 5.71. The maximum absolute atomic E-state index is 5.71. The molecule has 0 unspecified atom stereocenters. The monoisotopic (exact) mass is 190 g/mol. The number of ether oxygens (including phenoxy) is 1. The average molecular weight is 190 g/mol. The normalized spacial score (nSPS) is 12.0. The Balaban J connectivity index is 2.74. The van der Waals surface area contributed by atoms with Crippen LogP contribution in [-0.2, 0) is 0 Å². The van der Waals surface area contributed by atoms with Gasteiger partial charge < -0.3 is 4.74 Å². The lowest BCUT2D eigenvalue weighted by atomic mass is 10.1. The fraction of sp³-hybridized carbons (Fsp3) is 0.385. The van der Waals surface area contributed by atoms with Crippen molar-refractivity contribution in [1.82, 2.24) is 0 Å². The van der Waals surface area contributed by atoms with Crippen molar-refractivity contribution < 1.29 is 4.74 Å². The first-order valence-corrected chi connectivity index (χ1v) is 4.93. The van der Waals surface area contributed by atoms with E-state index in [1.807, 2.05) is 45.9 Å². The second-order valence-corrected chi connectivity index (χ2v) is 4.28. The molecule has 1 aromatic carbocycles. The molecule has 0 bridgehead atoms. The zero-order valence-corrected chi connectivity index (χ0v) is 9.37. The van der Waals surface area contributed by atoms with Gasteiger partial charge in [-0.15, -0.1) is 0 Å². The minimum absolute atomic E-state index is 0.123. The Morgan fingerprint density at radius 1 is 1.07 bits per heavy atom. The molecule has 0 N–H and O–H groups in total. The number of benzene rings is 1. The molecule has 76 valence electrons. The highest BCUT2D eigenvalue weighted by Crippen LogP contribution is 2.18. The Morgan fingerprint density at radius 3 is 2.07 bits per heavy atom. The van der Waals surface area contributed by atoms with Crippen molar-refractivity contribution >= 4 is 6.08 Å². The van der Waals surface area contributed by atoms with Crippen LogP contribution in [0.5, 0.6) is 5.75 Å². The largest absolute Gasteiger partial charge is 0.488 e. The summed E-state index contributed by atoms with van der Waals surface area (Å²) in [4.78, 5) is 0. The van der Waals surface area contributed by atoms with E-state index in [-0.39, 0.29) is 5.60 Å². The molecule has 0 aliphatic heterocycles. The van der Waals surface area contributed by atoms with Crippen molar-refractivity contribution in [3.05, 3.63) is 35.9 Å².